The first kappa shape index (κ1) is 27.0. The summed E-state index contributed by atoms with van der Waals surface area (Å²) in [6, 6.07) is 5.03. The third kappa shape index (κ3) is 5.20. The molecule has 39 heavy (non-hydrogen) atoms. The SMILES string of the molecule is CC.Cc1cc(F)c(C(=O)NC2CC2)cc1-c1cnn(-c2cnc3cc(C)c(C4(F)CCN(C)CC4)cn23)c1. The van der Waals surface area contributed by atoms with Crippen LogP contribution in [0.4, 0.5) is 8.78 Å². The summed E-state index contributed by atoms with van der Waals surface area (Å²) in [6.07, 6.45) is 9.83. The van der Waals surface area contributed by atoms with E-state index in [9.17, 15) is 9.18 Å². The van der Waals surface area contributed by atoms with E-state index >= 15 is 4.39 Å². The number of rotatable bonds is 5. The van der Waals surface area contributed by atoms with Crippen molar-refractivity contribution in [2.75, 3.05) is 20.1 Å². The fourth-order valence-corrected chi connectivity index (χ4v) is 5.22. The highest BCUT2D eigenvalue weighted by molar-refractivity contribution is 5.96. The Balaban J connectivity index is 0.00000151. The molecule has 1 aromatic carbocycles. The molecule has 4 heterocycles. The summed E-state index contributed by atoms with van der Waals surface area (Å²) in [5.41, 5.74) is 3.10. The van der Waals surface area contributed by atoms with Crippen LogP contribution < -0.4 is 5.32 Å². The highest BCUT2D eigenvalue weighted by Crippen LogP contribution is 2.39. The maximum atomic E-state index is 16.0. The van der Waals surface area contributed by atoms with Crippen molar-refractivity contribution in [3.8, 4) is 16.9 Å². The highest BCUT2D eigenvalue weighted by atomic mass is 19.1. The molecule has 2 aliphatic rings. The molecule has 0 bridgehead atoms. The third-order valence-corrected chi connectivity index (χ3v) is 7.70. The van der Waals surface area contributed by atoms with Crippen LogP contribution in [0.1, 0.15) is 66.6 Å². The Bertz CT molecular complexity index is 1510. The molecule has 6 rings (SSSR count). The summed E-state index contributed by atoms with van der Waals surface area (Å²) < 4.78 is 34.2. The molecule has 7 nitrogen and oxygen atoms in total. The molecular weight excluding hydrogens is 498 g/mol. The second kappa shape index (κ2) is 10.5. The molecular formula is C30H36F2N6O. The van der Waals surface area contributed by atoms with Crippen LogP contribution >= 0.6 is 0 Å². The minimum absolute atomic E-state index is 0.0292. The van der Waals surface area contributed by atoms with Crippen molar-refractivity contribution in [1.82, 2.24) is 29.4 Å². The molecule has 206 valence electrons. The van der Waals surface area contributed by atoms with Crippen molar-refractivity contribution in [2.45, 2.75) is 65.1 Å². The molecule has 9 heteroatoms. The van der Waals surface area contributed by atoms with Gasteiger partial charge in [-0.25, -0.2) is 18.4 Å². The number of imidazole rings is 1. The van der Waals surface area contributed by atoms with Gasteiger partial charge < -0.3 is 10.2 Å². The van der Waals surface area contributed by atoms with E-state index in [4.69, 9.17) is 0 Å². The van der Waals surface area contributed by atoms with Gasteiger partial charge in [0.05, 0.1) is 18.0 Å². The van der Waals surface area contributed by atoms with Gasteiger partial charge >= 0.3 is 0 Å². The number of hydrogen-bond donors (Lipinski definition) is 1. The number of benzene rings is 1. The smallest absolute Gasteiger partial charge is 0.254 e. The quantitative estimate of drug-likeness (QED) is 0.354. The van der Waals surface area contributed by atoms with E-state index in [1.165, 1.54) is 6.07 Å². The van der Waals surface area contributed by atoms with Crippen LogP contribution in [-0.4, -0.2) is 56.2 Å². The molecule has 0 atom stereocenters. The maximum absolute atomic E-state index is 16.0. The van der Waals surface area contributed by atoms with Gasteiger partial charge in [0, 0.05) is 42.7 Å². The molecule has 3 aromatic heterocycles. The average molecular weight is 535 g/mol. The summed E-state index contributed by atoms with van der Waals surface area (Å²) in [5.74, 6) is -0.261. The number of aromatic nitrogens is 4. The molecule has 1 N–H and O–H groups in total. The third-order valence-electron chi connectivity index (χ3n) is 7.70. The molecule has 0 radical (unpaired) electrons. The van der Waals surface area contributed by atoms with Gasteiger partial charge in [-0.1, -0.05) is 13.8 Å². The van der Waals surface area contributed by atoms with E-state index in [-0.39, 0.29) is 11.6 Å². The monoisotopic (exact) mass is 534 g/mol. The van der Waals surface area contributed by atoms with E-state index in [0.29, 0.717) is 48.5 Å². The molecule has 1 aliphatic heterocycles. The van der Waals surface area contributed by atoms with Crippen LogP contribution in [0.15, 0.2) is 43.0 Å². The first-order valence-corrected chi connectivity index (χ1v) is 13.7. The van der Waals surface area contributed by atoms with Crippen molar-refractivity contribution >= 4 is 11.6 Å². The fourth-order valence-electron chi connectivity index (χ4n) is 5.22. The zero-order chi connectivity index (χ0) is 27.9. The number of likely N-dealkylation sites (tertiary alicyclic amines) is 1. The first-order valence-electron chi connectivity index (χ1n) is 13.7. The average Bonchev–Trinajstić information content (AvgIpc) is 3.43. The van der Waals surface area contributed by atoms with Crippen LogP contribution in [-0.2, 0) is 5.67 Å². The molecule has 4 aromatic rings. The van der Waals surface area contributed by atoms with Crippen molar-refractivity contribution in [3.63, 3.8) is 0 Å². The normalized spacial score (nSPS) is 17.1. The number of carbonyl (C=O) groups excluding carboxylic acids is 1. The fraction of sp³-hybridized carbons (Fsp3) is 0.433. The van der Waals surface area contributed by atoms with E-state index in [1.807, 2.05) is 57.6 Å². The number of pyridine rings is 1. The van der Waals surface area contributed by atoms with E-state index in [0.717, 1.165) is 29.5 Å². The van der Waals surface area contributed by atoms with Crippen molar-refractivity contribution in [2.24, 2.45) is 0 Å². The van der Waals surface area contributed by atoms with Gasteiger partial charge in [0.2, 0.25) is 0 Å². The summed E-state index contributed by atoms with van der Waals surface area (Å²) in [6.45, 7) is 9.17. The van der Waals surface area contributed by atoms with Crippen molar-refractivity contribution in [3.05, 3.63) is 71.1 Å². The van der Waals surface area contributed by atoms with Gasteiger partial charge in [-0.15, -0.1) is 0 Å². The number of carbonyl (C=O) groups is 1. The Hall–Kier alpha value is -3.59. The Morgan fingerprint density at radius 1 is 1.05 bits per heavy atom. The molecule has 1 saturated carbocycles. The number of piperidine rings is 1. The van der Waals surface area contributed by atoms with Crippen LogP contribution in [0.25, 0.3) is 22.6 Å². The number of hydrogen-bond acceptors (Lipinski definition) is 4. The molecule has 2 fully saturated rings. The Morgan fingerprint density at radius 3 is 2.46 bits per heavy atom. The molecule has 0 spiro atoms. The van der Waals surface area contributed by atoms with E-state index < -0.39 is 17.4 Å². The molecule has 1 saturated heterocycles. The number of nitrogens with zero attached hydrogens (tertiary/aromatic N) is 5. The number of fused-ring (bicyclic) bond motifs is 1. The van der Waals surface area contributed by atoms with E-state index in [2.05, 4.69) is 20.3 Å². The lowest BCUT2D eigenvalue weighted by molar-refractivity contribution is 0.0664. The van der Waals surface area contributed by atoms with Gasteiger partial charge in [-0.3, -0.25) is 9.20 Å². The van der Waals surface area contributed by atoms with Gasteiger partial charge in [0.25, 0.3) is 5.91 Å². The van der Waals surface area contributed by atoms with Gasteiger partial charge in [0.15, 0.2) is 5.82 Å². The van der Waals surface area contributed by atoms with Gasteiger partial charge in [-0.2, -0.15) is 5.10 Å². The highest BCUT2D eigenvalue weighted by Gasteiger charge is 2.37. The summed E-state index contributed by atoms with van der Waals surface area (Å²) in [7, 11) is 2.02. The van der Waals surface area contributed by atoms with Gasteiger partial charge in [0.1, 0.15) is 17.1 Å². The lowest BCUT2D eigenvalue weighted by Gasteiger charge is -2.35. The Kier molecular flexibility index (Phi) is 7.29. The minimum atomic E-state index is -1.38. The van der Waals surface area contributed by atoms with Crippen LogP contribution in [0.3, 0.4) is 0 Å². The van der Waals surface area contributed by atoms with Crippen LogP contribution in [0.5, 0.6) is 0 Å². The lowest BCUT2D eigenvalue weighted by atomic mass is 9.85. The number of halogens is 2. The predicted octanol–water partition coefficient (Wildman–Crippen LogP) is 5.75. The maximum Gasteiger partial charge on any atom is 0.254 e. The summed E-state index contributed by atoms with van der Waals surface area (Å²) >= 11 is 0. The standard InChI is InChI=1S/C28H30F2N6O.C2H6/c1-17-10-24(29)22(27(37)33-20-4-5-20)12-21(17)19-13-32-36(15-19)26-14-31-25-11-18(2)23(16-35(25)26)28(30)6-8-34(3)9-7-28;1-2/h10-16,20H,4-9H2,1-3H3,(H,33,37);1-2H3. The second-order valence-corrected chi connectivity index (χ2v) is 10.6. The minimum Gasteiger partial charge on any atom is -0.349 e. The summed E-state index contributed by atoms with van der Waals surface area (Å²) in [5, 5.41) is 7.39. The molecule has 0 unspecified atom stereocenters. The number of amides is 1. The predicted molar refractivity (Wildman–Crippen MR) is 149 cm³/mol. The number of nitrogens with one attached hydrogen (secondary N) is 1. The van der Waals surface area contributed by atoms with Crippen molar-refractivity contribution < 1.29 is 13.6 Å². The van der Waals surface area contributed by atoms with Crippen molar-refractivity contribution in [1.29, 1.82) is 0 Å². The van der Waals surface area contributed by atoms with Gasteiger partial charge in [-0.05, 0) is 81.5 Å². The molecule has 1 amide bonds. The topological polar surface area (TPSA) is 67.5 Å². The van der Waals surface area contributed by atoms with Crippen LogP contribution in [0, 0.1) is 19.7 Å². The first-order chi connectivity index (χ1) is 18.7. The van der Waals surface area contributed by atoms with Crippen LogP contribution in [0.2, 0.25) is 0 Å². The zero-order valence-electron chi connectivity index (χ0n) is 23.3. The molecule has 1 aliphatic carbocycles. The second-order valence-electron chi connectivity index (χ2n) is 10.6. The lowest BCUT2D eigenvalue weighted by Crippen LogP contribution is -2.38. The number of alkyl halides is 1. The zero-order valence-corrected chi connectivity index (χ0v) is 23.3. The number of aryl methyl sites for hydroxylation is 2. The summed E-state index contributed by atoms with van der Waals surface area (Å²) in [4.78, 5) is 19.2. The Morgan fingerprint density at radius 2 is 1.77 bits per heavy atom. The Labute approximate surface area is 227 Å². The van der Waals surface area contributed by atoms with E-state index in [1.54, 1.807) is 23.1 Å². The largest absolute Gasteiger partial charge is 0.349 e.